The number of nitrogens with two attached hydrogens (primary N) is 1. The Morgan fingerprint density at radius 3 is 2.67 bits per heavy atom. The molecule has 0 saturated heterocycles. The maximum absolute atomic E-state index is 12.3. The highest BCUT2D eigenvalue weighted by molar-refractivity contribution is 5.83. The summed E-state index contributed by atoms with van der Waals surface area (Å²) in [5.74, 6) is -0.132. The maximum atomic E-state index is 12.3. The minimum Gasteiger partial charge on any atom is -0.383 e. The monoisotopic (exact) mass is 281 g/mol. The van der Waals surface area contributed by atoms with Gasteiger partial charge in [0.15, 0.2) is 0 Å². The van der Waals surface area contributed by atoms with Gasteiger partial charge < -0.3 is 16.4 Å². The fraction of sp³-hybridized carbons (Fsp3) is 0.235. The Morgan fingerprint density at radius 1 is 1.14 bits per heavy atom. The molecule has 108 valence electrons. The van der Waals surface area contributed by atoms with E-state index >= 15 is 0 Å². The van der Waals surface area contributed by atoms with Crippen molar-refractivity contribution in [3.8, 4) is 0 Å². The lowest BCUT2D eigenvalue weighted by molar-refractivity contribution is -0.123. The molecule has 1 aliphatic rings. The summed E-state index contributed by atoms with van der Waals surface area (Å²) in [6, 6.07) is 17.1. The summed E-state index contributed by atoms with van der Waals surface area (Å²) in [5, 5.41) is 6.37. The van der Waals surface area contributed by atoms with Crippen LogP contribution in [0.4, 0.5) is 5.69 Å². The van der Waals surface area contributed by atoms with Gasteiger partial charge in [0.25, 0.3) is 0 Å². The van der Waals surface area contributed by atoms with Gasteiger partial charge in [0.2, 0.25) is 5.91 Å². The molecule has 21 heavy (non-hydrogen) atoms. The third-order valence-corrected chi connectivity index (χ3v) is 3.81. The lowest BCUT2D eigenvalue weighted by atomic mass is 9.99. The largest absolute Gasteiger partial charge is 0.383 e. The van der Waals surface area contributed by atoms with Gasteiger partial charge in [0.05, 0.1) is 6.04 Å². The predicted molar refractivity (Wildman–Crippen MR) is 83.9 cm³/mol. The van der Waals surface area contributed by atoms with Crippen molar-refractivity contribution in [1.29, 1.82) is 0 Å². The van der Waals surface area contributed by atoms with Crippen LogP contribution in [-0.2, 0) is 11.2 Å². The molecule has 0 radical (unpaired) electrons. The number of nitrogens with one attached hydrogen (secondary N) is 2. The second-order valence-electron chi connectivity index (χ2n) is 5.34. The van der Waals surface area contributed by atoms with Crippen molar-refractivity contribution in [2.75, 3.05) is 11.9 Å². The SMILES string of the molecule is N[C@@H](C(=O)N[C@H]1CNc2ccccc2C1)c1ccccc1. The van der Waals surface area contributed by atoms with Crippen molar-refractivity contribution in [2.24, 2.45) is 5.73 Å². The summed E-state index contributed by atoms with van der Waals surface area (Å²) in [6.07, 6.45) is 0.830. The first-order valence-corrected chi connectivity index (χ1v) is 7.17. The molecule has 0 saturated carbocycles. The summed E-state index contributed by atoms with van der Waals surface area (Å²) in [4.78, 5) is 12.3. The van der Waals surface area contributed by atoms with Crippen LogP contribution in [0.3, 0.4) is 0 Å². The molecule has 0 aliphatic carbocycles. The quantitative estimate of drug-likeness (QED) is 0.804. The molecule has 4 N–H and O–H groups in total. The molecule has 1 aliphatic heterocycles. The predicted octanol–water partition coefficient (Wildman–Crippen LogP) is 1.84. The van der Waals surface area contributed by atoms with Gasteiger partial charge in [-0.1, -0.05) is 48.5 Å². The second kappa shape index (κ2) is 5.97. The summed E-state index contributed by atoms with van der Waals surface area (Å²) < 4.78 is 0. The molecule has 3 rings (SSSR count). The van der Waals surface area contributed by atoms with Crippen LogP contribution < -0.4 is 16.4 Å². The van der Waals surface area contributed by atoms with Gasteiger partial charge in [-0.05, 0) is 23.6 Å². The second-order valence-corrected chi connectivity index (χ2v) is 5.34. The summed E-state index contributed by atoms with van der Waals surface area (Å²) >= 11 is 0. The van der Waals surface area contributed by atoms with Gasteiger partial charge >= 0.3 is 0 Å². The average molecular weight is 281 g/mol. The minimum atomic E-state index is -0.622. The Kier molecular flexibility index (Phi) is 3.88. The van der Waals surface area contributed by atoms with E-state index in [4.69, 9.17) is 5.73 Å². The number of anilines is 1. The highest BCUT2D eigenvalue weighted by Gasteiger charge is 2.22. The number of rotatable bonds is 3. The first-order valence-electron chi connectivity index (χ1n) is 7.17. The molecular weight excluding hydrogens is 262 g/mol. The van der Waals surface area contributed by atoms with Crippen molar-refractivity contribution < 1.29 is 4.79 Å². The zero-order valence-corrected chi connectivity index (χ0v) is 11.8. The fourth-order valence-electron chi connectivity index (χ4n) is 2.65. The average Bonchev–Trinajstić information content (AvgIpc) is 2.55. The molecule has 0 unspecified atom stereocenters. The molecule has 4 nitrogen and oxygen atoms in total. The topological polar surface area (TPSA) is 67.2 Å². The zero-order chi connectivity index (χ0) is 14.7. The number of benzene rings is 2. The van der Waals surface area contributed by atoms with E-state index in [1.165, 1.54) is 5.56 Å². The molecule has 4 heteroatoms. The van der Waals surface area contributed by atoms with E-state index in [0.29, 0.717) is 0 Å². The fourth-order valence-corrected chi connectivity index (χ4v) is 2.65. The Morgan fingerprint density at radius 2 is 1.86 bits per heavy atom. The van der Waals surface area contributed by atoms with Crippen LogP contribution in [-0.4, -0.2) is 18.5 Å². The van der Waals surface area contributed by atoms with Gasteiger partial charge in [0.1, 0.15) is 6.04 Å². The van der Waals surface area contributed by atoms with Gasteiger partial charge in [-0.3, -0.25) is 4.79 Å². The molecule has 0 fully saturated rings. The summed E-state index contributed by atoms with van der Waals surface area (Å²) in [7, 11) is 0. The minimum absolute atomic E-state index is 0.0714. The van der Waals surface area contributed by atoms with E-state index in [-0.39, 0.29) is 11.9 Å². The number of amides is 1. The lowest BCUT2D eigenvalue weighted by Gasteiger charge is -2.28. The third-order valence-electron chi connectivity index (χ3n) is 3.81. The Bertz CT molecular complexity index is 627. The number of carbonyl (C=O) groups is 1. The molecular formula is C17H19N3O. The zero-order valence-electron chi connectivity index (χ0n) is 11.8. The number of hydrogen-bond acceptors (Lipinski definition) is 3. The molecule has 2 aromatic carbocycles. The smallest absolute Gasteiger partial charge is 0.241 e. The standard InChI is InChI=1S/C17H19N3O/c18-16(12-6-2-1-3-7-12)17(21)20-14-10-13-8-4-5-9-15(13)19-11-14/h1-9,14,16,19H,10-11,18H2,(H,20,21)/t14-,16-/m1/s1. The third kappa shape index (κ3) is 3.06. The van der Waals surface area contributed by atoms with E-state index in [9.17, 15) is 4.79 Å². The van der Waals surface area contributed by atoms with Crippen LogP contribution in [0.2, 0.25) is 0 Å². The highest BCUT2D eigenvalue weighted by Crippen LogP contribution is 2.21. The van der Waals surface area contributed by atoms with E-state index in [2.05, 4.69) is 22.8 Å². The van der Waals surface area contributed by atoms with E-state index < -0.39 is 6.04 Å². The van der Waals surface area contributed by atoms with Crippen molar-refractivity contribution in [1.82, 2.24) is 5.32 Å². The van der Waals surface area contributed by atoms with Crippen LogP contribution in [0.1, 0.15) is 17.2 Å². The van der Waals surface area contributed by atoms with Crippen LogP contribution in [0.5, 0.6) is 0 Å². The van der Waals surface area contributed by atoms with E-state index in [1.54, 1.807) is 0 Å². The van der Waals surface area contributed by atoms with Gasteiger partial charge in [0, 0.05) is 12.2 Å². The first-order chi connectivity index (χ1) is 10.2. The molecule has 0 aromatic heterocycles. The summed E-state index contributed by atoms with van der Waals surface area (Å²) in [6.45, 7) is 0.726. The maximum Gasteiger partial charge on any atom is 0.241 e. The van der Waals surface area contributed by atoms with Crippen molar-refractivity contribution in [3.05, 3.63) is 65.7 Å². The molecule has 2 atom stereocenters. The Balaban J connectivity index is 1.64. The highest BCUT2D eigenvalue weighted by atomic mass is 16.2. The summed E-state index contributed by atoms with van der Waals surface area (Å²) in [5.41, 5.74) is 9.22. The van der Waals surface area contributed by atoms with Crippen molar-refractivity contribution in [2.45, 2.75) is 18.5 Å². The molecule has 1 amide bonds. The molecule has 1 heterocycles. The molecule has 2 aromatic rings. The van der Waals surface area contributed by atoms with Gasteiger partial charge in [-0.15, -0.1) is 0 Å². The van der Waals surface area contributed by atoms with Crippen LogP contribution >= 0.6 is 0 Å². The lowest BCUT2D eigenvalue weighted by Crippen LogP contribution is -2.46. The first kappa shape index (κ1) is 13.6. The Hall–Kier alpha value is -2.33. The van der Waals surface area contributed by atoms with Gasteiger partial charge in [-0.25, -0.2) is 0 Å². The van der Waals surface area contributed by atoms with E-state index in [0.717, 1.165) is 24.2 Å². The number of hydrogen-bond donors (Lipinski definition) is 3. The number of fused-ring (bicyclic) bond motifs is 1. The van der Waals surface area contributed by atoms with Gasteiger partial charge in [-0.2, -0.15) is 0 Å². The van der Waals surface area contributed by atoms with Crippen LogP contribution in [0.25, 0.3) is 0 Å². The van der Waals surface area contributed by atoms with E-state index in [1.807, 2.05) is 42.5 Å². The Labute approximate surface area is 124 Å². The molecule has 0 spiro atoms. The van der Waals surface area contributed by atoms with Crippen LogP contribution in [0, 0.1) is 0 Å². The number of carbonyl (C=O) groups excluding carboxylic acids is 1. The normalized spacial score (nSPS) is 18.2. The van der Waals surface area contributed by atoms with Crippen LogP contribution in [0.15, 0.2) is 54.6 Å². The van der Waals surface area contributed by atoms with Crippen molar-refractivity contribution in [3.63, 3.8) is 0 Å². The molecule has 0 bridgehead atoms. The number of para-hydroxylation sites is 1. The van der Waals surface area contributed by atoms with Crippen molar-refractivity contribution >= 4 is 11.6 Å².